The SMILES string of the molecule is CCCCCCCC(=O)NC(CN1CCCC1)C(OC(=O)c1cccnc1)c1ccc2c(c1)OCCO2. The molecule has 1 saturated heterocycles. The molecule has 0 aliphatic carbocycles. The first-order valence-electron chi connectivity index (χ1n) is 13.7. The zero-order chi connectivity index (χ0) is 25.9. The van der Waals surface area contributed by atoms with Crippen LogP contribution in [0.2, 0.25) is 0 Å². The van der Waals surface area contributed by atoms with Crippen molar-refractivity contribution < 1.29 is 23.8 Å². The quantitative estimate of drug-likeness (QED) is 0.309. The molecular weight excluding hydrogens is 470 g/mol. The Morgan fingerprint density at radius 1 is 1.05 bits per heavy atom. The average molecular weight is 510 g/mol. The van der Waals surface area contributed by atoms with Crippen LogP contribution in [0.3, 0.4) is 0 Å². The lowest BCUT2D eigenvalue weighted by Gasteiger charge is -2.32. The number of hydrogen-bond acceptors (Lipinski definition) is 7. The smallest absolute Gasteiger partial charge is 0.340 e. The standard InChI is InChI=1S/C29H39N3O5/c1-2-3-4-5-6-11-27(33)31-24(21-32-15-7-8-16-32)28(37-29(34)23-10-9-14-30-20-23)22-12-13-25-26(19-22)36-18-17-35-25/h9-10,12-14,19-20,24,28H,2-8,11,15-18,21H2,1H3,(H,31,33). The van der Waals surface area contributed by atoms with Gasteiger partial charge in [0.2, 0.25) is 5.91 Å². The molecule has 1 amide bonds. The second kappa shape index (κ2) is 14.0. The maximum absolute atomic E-state index is 13.2. The lowest BCUT2D eigenvalue weighted by atomic mass is 9.99. The van der Waals surface area contributed by atoms with Crippen molar-refractivity contribution in [2.45, 2.75) is 70.4 Å². The van der Waals surface area contributed by atoms with Gasteiger partial charge in [-0.3, -0.25) is 9.78 Å². The minimum Gasteiger partial charge on any atom is -0.486 e. The van der Waals surface area contributed by atoms with Gasteiger partial charge in [-0.1, -0.05) is 38.7 Å². The Labute approximate surface area is 219 Å². The highest BCUT2D eigenvalue weighted by Gasteiger charge is 2.32. The summed E-state index contributed by atoms with van der Waals surface area (Å²) in [6.07, 6.45) is 10.5. The third kappa shape index (κ3) is 7.92. The van der Waals surface area contributed by atoms with Crippen LogP contribution in [0.4, 0.5) is 0 Å². The molecule has 8 nitrogen and oxygen atoms in total. The molecule has 0 spiro atoms. The highest BCUT2D eigenvalue weighted by molar-refractivity contribution is 5.89. The monoisotopic (exact) mass is 509 g/mol. The molecule has 4 rings (SSSR count). The Morgan fingerprint density at radius 3 is 2.59 bits per heavy atom. The van der Waals surface area contributed by atoms with Crippen molar-refractivity contribution in [1.82, 2.24) is 15.2 Å². The fourth-order valence-electron chi connectivity index (χ4n) is 4.91. The summed E-state index contributed by atoms with van der Waals surface area (Å²) in [5.74, 6) is 0.793. The second-order valence-electron chi connectivity index (χ2n) is 9.82. The number of esters is 1. The van der Waals surface area contributed by atoms with E-state index in [1.165, 1.54) is 19.0 Å². The van der Waals surface area contributed by atoms with Gasteiger partial charge in [0.05, 0.1) is 11.6 Å². The van der Waals surface area contributed by atoms with Gasteiger partial charge in [0, 0.05) is 25.4 Å². The maximum Gasteiger partial charge on any atom is 0.340 e. The summed E-state index contributed by atoms with van der Waals surface area (Å²) < 4.78 is 17.6. The topological polar surface area (TPSA) is 90.0 Å². The Hall–Kier alpha value is -3.13. The van der Waals surface area contributed by atoms with Gasteiger partial charge in [-0.05, 0) is 62.2 Å². The highest BCUT2D eigenvalue weighted by Crippen LogP contribution is 2.35. The summed E-state index contributed by atoms with van der Waals surface area (Å²) in [7, 11) is 0. The zero-order valence-electron chi connectivity index (χ0n) is 21.8. The first-order chi connectivity index (χ1) is 18.1. The van der Waals surface area contributed by atoms with Crippen molar-refractivity contribution in [3.05, 3.63) is 53.9 Å². The minimum absolute atomic E-state index is 0.0133. The van der Waals surface area contributed by atoms with Gasteiger partial charge < -0.3 is 24.4 Å². The first kappa shape index (κ1) is 26.9. The third-order valence-corrected chi connectivity index (χ3v) is 6.90. The van der Waals surface area contributed by atoms with E-state index in [-0.39, 0.29) is 5.91 Å². The number of likely N-dealkylation sites (tertiary alicyclic amines) is 1. The van der Waals surface area contributed by atoms with Gasteiger partial charge in [-0.15, -0.1) is 0 Å². The van der Waals surface area contributed by atoms with Crippen molar-refractivity contribution >= 4 is 11.9 Å². The normalized spacial score (nSPS) is 16.7. The van der Waals surface area contributed by atoms with Crippen LogP contribution in [0.25, 0.3) is 0 Å². The maximum atomic E-state index is 13.2. The van der Waals surface area contributed by atoms with Crippen molar-refractivity contribution in [2.75, 3.05) is 32.8 Å². The van der Waals surface area contributed by atoms with Crippen LogP contribution in [-0.4, -0.2) is 60.7 Å². The molecule has 0 saturated carbocycles. The second-order valence-corrected chi connectivity index (χ2v) is 9.82. The summed E-state index contributed by atoms with van der Waals surface area (Å²) in [5, 5.41) is 3.22. The number of rotatable bonds is 13. The largest absolute Gasteiger partial charge is 0.486 e. The molecule has 1 fully saturated rings. The predicted octanol–water partition coefficient (Wildman–Crippen LogP) is 4.69. The summed E-state index contributed by atoms with van der Waals surface area (Å²) in [5.41, 5.74) is 1.13. The molecule has 0 radical (unpaired) electrons. The molecule has 0 bridgehead atoms. The van der Waals surface area contributed by atoms with Gasteiger partial charge >= 0.3 is 5.97 Å². The van der Waals surface area contributed by atoms with Crippen LogP contribution < -0.4 is 14.8 Å². The molecular formula is C29H39N3O5. The molecule has 8 heteroatoms. The van der Waals surface area contributed by atoms with Crippen LogP contribution >= 0.6 is 0 Å². The molecule has 2 aromatic rings. The van der Waals surface area contributed by atoms with Crippen molar-refractivity contribution in [3.8, 4) is 11.5 Å². The number of nitrogens with zero attached hydrogens (tertiary/aromatic N) is 2. The number of benzene rings is 1. The minimum atomic E-state index is -0.701. The van der Waals surface area contributed by atoms with Crippen LogP contribution in [-0.2, 0) is 9.53 Å². The summed E-state index contributed by atoms with van der Waals surface area (Å²) in [6, 6.07) is 8.58. The fraction of sp³-hybridized carbons (Fsp3) is 0.552. The van der Waals surface area contributed by atoms with Crippen LogP contribution in [0.1, 0.15) is 80.3 Å². The molecule has 2 unspecified atom stereocenters. The molecule has 3 heterocycles. The number of unbranched alkanes of at least 4 members (excludes halogenated alkanes) is 4. The van der Waals surface area contributed by atoms with Gasteiger partial charge in [0.1, 0.15) is 19.3 Å². The molecule has 37 heavy (non-hydrogen) atoms. The van der Waals surface area contributed by atoms with E-state index >= 15 is 0 Å². The van der Waals surface area contributed by atoms with E-state index in [0.717, 1.165) is 50.8 Å². The van der Waals surface area contributed by atoms with Crippen molar-refractivity contribution in [3.63, 3.8) is 0 Å². The Bertz CT molecular complexity index is 1010. The number of ether oxygens (including phenoxy) is 3. The molecule has 2 atom stereocenters. The van der Waals surface area contributed by atoms with Crippen molar-refractivity contribution in [1.29, 1.82) is 0 Å². The number of hydrogen-bond donors (Lipinski definition) is 1. The van der Waals surface area contributed by atoms with Gasteiger partial charge in [-0.2, -0.15) is 0 Å². The van der Waals surface area contributed by atoms with Crippen LogP contribution in [0.5, 0.6) is 11.5 Å². The van der Waals surface area contributed by atoms with E-state index < -0.39 is 18.1 Å². The molecule has 200 valence electrons. The van der Waals surface area contributed by atoms with Gasteiger partial charge in [0.25, 0.3) is 0 Å². The van der Waals surface area contributed by atoms with Gasteiger partial charge in [0.15, 0.2) is 11.5 Å². The number of fused-ring (bicyclic) bond motifs is 1. The van der Waals surface area contributed by atoms with Crippen LogP contribution in [0, 0.1) is 0 Å². The number of amides is 1. The number of carbonyl (C=O) groups is 2. The average Bonchev–Trinajstić information content (AvgIpc) is 3.44. The van der Waals surface area contributed by atoms with E-state index in [1.54, 1.807) is 18.3 Å². The number of aromatic nitrogens is 1. The third-order valence-electron chi connectivity index (χ3n) is 6.90. The fourth-order valence-corrected chi connectivity index (χ4v) is 4.91. The first-order valence-corrected chi connectivity index (χ1v) is 13.7. The molecule has 1 aromatic heterocycles. The number of nitrogens with one attached hydrogen (secondary N) is 1. The number of pyridine rings is 1. The van der Waals surface area contributed by atoms with E-state index in [1.807, 2.05) is 18.2 Å². The molecule has 2 aliphatic rings. The molecule has 1 aromatic carbocycles. The van der Waals surface area contributed by atoms with E-state index in [2.05, 4.69) is 22.1 Å². The lowest BCUT2D eigenvalue weighted by molar-refractivity contribution is -0.123. The van der Waals surface area contributed by atoms with E-state index in [9.17, 15) is 9.59 Å². The van der Waals surface area contributed by atoms with Crippen LogP contribution in [0.15, 0.2) is 42.7 Å². The lowest BCUT2D eigenvalue weighted by Crippen LogP contribution is -2.47. The highest BCUT2D eigenvalue weighted by atomic mass is 16.6. The predicted molar refractivity (Wildman–Crippen MR) is 141 cm³/mol. The van der Waals surface area contributed by atoms with E-state index in [4.69, 9.17) is 14.2 Å². The zero-order valence-corrected chi connectivity index (χ0v) is 21.8. The summed E-state index contributed by atoms with van der Waals surface area (Å²) >= 11 is 0. The Morgan fingerprint density at radius 2 is 1.84 bits per heavy atom. The van der Waals surface area contributed by atoms with Gasteiger partial charge in [-0.25, -0.2) is 4.79 Å². The molecule has 1 N–H and O–H groups in total. The Balaban J connectivity index is 1.57. The summed E-state index contributed by atoms with van der Waals surface area (Å²) in [4.78, 5) is 32.6. The van der Waals surface area contributed by atoms with Crippen molar-refractivity contribution in [2.24, 2.45) is 0 Å². The van der Waals surface area contributed by atoms with E-state index in [0.29, 0.717) is 43.2 Å². The Kier molecular flexibility index (Phi) is 10.2. The molecule has 2 aliphatic heterocycles. The summed E-state index contributed by atoms with van der Waals surface area (Å²) in [6.45, 7) is 5.67. The number of carbonyl (C=O) groups excluding carboxylic acids is 2.